The van der Waals surface area contributed by atoms with Crippen molar-refractivity contribution in [3.63, 3.8) is 0 Å². The summed E-state index contributed by atoms with van der Waals surface area (Å²) < 4.78 is 32.8. The number of aryl methyl sites for hydroxylation is 1. The van der Waals surface area contributed by atoms with E-state index in [0.29, 0.717) is 5.69 Å². The first-order valence-electron chi connectivity index (χ1n) is 9.38. The molecule has 0 atom stereocenters. The Morgan fingerprint density at radius 1 is 1.07 bits per heavy atom. The molecule has 0 heterocycles. The van der Waals surface area contributed by atoms with E-state index in [2.05, 4.69) is 6.08 Å². The monoisotopic (exact) mass is 399 g/mol. The number of benzene rings is 2. The Labute approximate surface area is 166 Å². The number of nitrogens with zero attached hydrogens (tertiary/aromatic N) is 1. The summed E-state index contributed by atoms with van der Waals surface area (Å²) in [6, 6.07) is 14.0. The number of carbonyl (C=O) groups excluding carboxylic acids is 1. The minimum Gasteiger partial charge on any atom is -0.468 e. The van der Waals surface area contributed by atoms with Crippen LogP contribution in [0.25, 0.3) is 5.57 Å². The number of esters is 1. The van der Waals surface area contributed by atoms with Crippen LogP contribution in [0.4, 0.5) is 5.69 Å². The van der Waals surface area contributed by atoms with E-state index in [9.17, 15) is 13.2 Å². The Bertz CT molecular complexity index is 978. The first-order valence-corrected chi connectivity index (χ1v) is 10.8. The maximum Gasteiger partial charge on any atom is 0.326 e. The lowest BCUT2D eigenvalue weighted by molar-refractivity contribution is -0.138. The fourth-order valence-corrected chi connectivity index (χ4v) is 4.79. The molecular weight excluding hydrogens is 374 g/mol. The third kappa shape index (κ3) is 4.28. The van der Waals surface area contributed by atoms with Gasteiger partial charge in [-0.15, -0.1) is 0 Å². The molecule has 2 aromatic rings. The van der Waals surface area contributed by atoms with Gasteiger partial charge in [0.2, 0.25) is 0 Å². The van der Waals surface area contributed by atoms with Crippen molar-refractivity contribution in [2.45, 2.75) is 37.5 Å². The van der Waals surface area contributed by atoms with Gasteiger partial charge in [-0.2, -0.15) is 0 Å². The molecular formula is C22H25NO4S. The topological polar surface area (TPSA) is 63.7 Å². The number of sulfonamides is 1. The molecule has 148 valence electrons. The van der Waals surface area contributed by atoms with Gasteiger partial charge in [0, 0.05) is 5.56 Å². The minimum atomic E-state index is -3.93. The van der Waals surface area contributed by atoms with Gasteiger partial charge in [-0.3, -0.25) is 9.10 Å². The molecule has 0 aromatic heterocycles. The zero-order valence-corrected chi connectivity index (χ0v) is 17.0. The van der Waals surface area contributed by atoms with E-state index in [0.717, 1.165) is 46.7 Å². The predicted octanol–water partition coefficient (Wildman–Crippen LogP) is 4.32. The van der Waals surface area contributed by atoms with Gasteiger partial charge in [-0.1, -0.05) is 42.0 Å². The average molecular weight is 400 g/mol. The lowest BCUT2D eigenvalue weighted by Gasteiger charge is -2.27. The first kappa shape index (κ1) is 20.1. The second-order valence-electron chi connectivity index (χ2n) is 6.89. The van der Waals surface area contributed by atoms with Crippen molar-refractivity contribution in [1.82, 2.24) is 0 Å². The number of hydrogen-bond acceptors (Lipinski definition) is 4. The number of anilines is 1. The quantitative estimate of drug-likeness (QED) is 0.679. The molecule has 6 heteroatoms. The zero-order valence-electron chi connectivity index (χ0n) is 16.2. The molecule has 0 amide bonds. The van der Waals surface area contributed by atoms with Crippen LogP contribution in [0.5, 0.6) is 0 Å². The molecule has 1 aliphatic carbocycles. The van der Waals surface area contributed by atoms with Crippen LogP contribution in [0.15, 0.2) is 59.5 Å². The van der Waals surface area contributed by atoms with Gasteiger partial charge in [0.05, 0.1) is 17.7 Å². The lowest BCUT2D eigenvalue weighted by atomic mass is 9.92. The van der Waals surface area contributed by atoms with Gasteiger partial charge in [0.25, 0.3) is 10.0 Å². The van der Waals surface area contributed by atoms with Crippen molar-refractivity contribution in [1.29, 1.82) is 0 Å². The summed E-state index contributed by atoms with van der Waals surface area (Å²) in [5.41, 5.74) is 3.44. The fourth-order valence-electron chi connectivity index (χ4n) is 3.36. The van der Waals surface area contributed by atoms with E-state index in [4.69, 9.17) is 4.74 Å². The molecule has 0 aliphatic heterocycles. The summed E-state index contributed by atoms with van der Waals surface area (Å²) in [5.74, 6) is -0.608. The van der Waals surface area contributed by atoms with Gasteiger partial charge in [-0.25, -0.2) is 8.42 Å². The lowest BCUT2D eigenvalue weighted by Crippen LogP contribution is -2.37. The highest BCUT2D eigenvalue weighted by Gasteiger charge is 2.29. The maximum atomic E-state index is 13.4. The highest BCUT2D eigenvalue weighted by atomic mass is 32.2. The van der Waals surface area contributed by atoms with Crippen molar-refractivity contribution in [3.05, 3.63) is 65.7 Å². The summed E-state index contributed by atoms with van der Waals surface area (Å²) in [6.45, 7) is 1.52. The van der Waals surface area contributed by atoms with Crippen LogP contribution in [0, 0.1) is 6.92 Å². The Balaban J connectivity index is 2.12. The number of hydrogen-bond donors (Lipinski definition) is 0. The van der Waals surface area contributed by atoms with Crippen molar-refractivity contribution in [2.75, 3.05) is 18.0 Å². The highest BCUT2D eigenvalue weighted by molar-refractivity contribution is 7.92. The second-order valence-corrected chi connectivity index (χ2v) is 8.76. The summed E-state index contributed by atoms with van der Waals surface area (Å²) in [5, 5.41) is 0. The van der Waals surface area contributed by atoms with Crippen molar-refractivity contribution < 1.29 is 17.9 Å². The molecule has 2 aromatic carbocycles. The molecule has 5 nitrogen and oxygen atoms in total. The highest BCUT2D eigenvalue weighted by Crippen LogP contribution is 2.35. The van der Waals surface area contributed by atoms with Gasteiger partial charge in [0.1, 0.15) is 6.54 Å². The van der Waals surface area contributed by atoms with Crippen molar-refractivity contribution in [3.8, 4) is 0 Å². The van der Waals surface area contributed by atoms with Crippen LogP contribution in [0.1, 0.15) is 36.8 Å². The number of carbonyl (C=O) groups is 1. The molecule has 0 saturated carbocycles. The summed E-state index contributed by atoms with van der Waals surface area (Å²) in [4.78, 5) is 12.2. The molecule has 0 N–H and O–H groups in total. The van der Waals surface area contributed by atoms with Crippen LogP contribution < -0.4 is 4.31 Å². The van der Waals surface area contributed by atoms with Crippen LogP contribution in [0.3, 0.4) is 0 Å². The van der Waals surface area contributed by atoms with Crippen LogP contribution in [-0.2, 0) is 19.6 Å². The van der Waals surface area contributed by atoms with Crippen molar-refractivity contribution in [2.24, 2.45) is 0 Å². The SMILES string of the molecule is COC(=O)CN(c1ccccc1C1=CCCCC1)S(=O)(=O)c1ccc(C)cc1. The summed E-state index contributed by atoms with van der Waals surface area (Å²) in [7, 11) is -2.67. The Morgan fingerprint density at radius 3 is 2.43 bits per heavy atom. The normalized spacial score (nSPS) is 14.3. The number of para-hydroxylation sites is 1. The molecule has 0 radical (unpaired) electrons. The molecule has 3 rings (SSSR count). The maximum absolute atomic E-state index is 13.4. The van der Waals surface area contributed by atoms with E-state index >= 15 is 0 Å². The molecule has 1 aliphatic rings. The molecule has 0 bridgehead atoms. The van der Waals surface area contributed by atoms with E-state index < -0.39 is 16.0 Å². The Morgan fingerprint density at radius 2 is 1.79 bits per heavy atom. The van der Waals surface area contributed by atoms with Crippen molar-refractivity contribution >= 4 is 27.3 Å². The van der Waals surface area contributed by atoms with E-state index in [1.54, 1.807) is 36.4 Å². The first-order chi connectivity index (χ1) is 13.4. The third-order valence-corrected chi connectivity index (χ3v) is 6.69. The number of rotatable bonds is 6. The van der Waals surface area contributed by atoms with E-state index in [1.807, 2.05) is 19.1 Å². The van der Waals surface area contributed by atoms with E-state index in [1.165, 1.54) is 7.11 Å². The van der Waals surface area contributed by atoms with E-state index in [-0.39, 0.29) is 11.4 Å². The molecule has 0 unspecified atom stereocenters. The van der Waals surface area contributed by atoms with Gasteiger partial charge >= 0.3 is 5.97 Å². The molecule has 0 spiro atoms. The predicted molar refractivity (Wildman–Crippen MR) is 111 cm³/mol. The van der Waals surface area contributed by atoms with Crippen LogP contribution in [-0.4, -0.2) is 28.0 Å². The summed E-state index contributed by atoms with van der Waals surface area (Å²) in [6.07, 6.45) is 6.25. The molecule has 0 saturated heterocycles. The molecule has 28 heavy (non-hydrogen) atoms. The van der Waals surface area contributed by atoms with Crippen LogP contribution in [0.2, 0.25) is 0 Å². The zero-order chi connectivity index (χ0) is 20.1. The standard InChI is InChI=1S/C22H25NO4S/c1-17-12-14-19(15-13-17)28(25,26)23(16-22(24)27-2)21-11-7-6-10-20(21)18-8-4-3-5-9-18/h6-8,10-15H,3-5,9,16H2,1-2H3. The number of allylic oxidation sites excluding steroid dienone is 2. The number of methoxy groups -OCH3 is 1. The van der Waals surface area contributed by atoms with Crippen LogP contribution >= 0.6 is 0 Å². The van der Waals surface area contributed by atoms with Gasteiger partial charge in [-0.05, 0) is 56.4 Å². The molecule has 0 fully saturated rings. The Hall–Kier alpha value is -2.60. The fraction of sp³-hybridized carbons (Fsp3) is 0.318. The average Bonchev–Trinajstić information content (AvgIpc) is 2.72. The summed E-state index contributed by atoms with van der Waals surface area (Å²) >= 11 is 0. The number of ether oxygens (including phenoxy) is 1. The smallest absolute Gasteiger partial charge is 0.326 e. The van der Waals surface area contributed by atoms with Gasteiger partial charge in [0.15, 0.2) is 0 Å². The largest absolute Gasteiger partial charge is 0.468 e. The Kier molecular flexibility index (Phi) is 6.19. The van der Waals surface area contributed by atoms with Gasteiger partial charge < -0.3 is 4.74 Å². The minimum absolute atomic E-state index is 0.148. The second kappa shape index (κ2) is 8.61. The third-order valence-electron chi connectivity index (χ3n) is 4.92.